The van der Waals surface area contributed by atoms with Crippen molar-refractivity contribution in [1.29, 1.82) is 0 Å². The number of rotatable bonds is 4. The van der Waals surface area contributed by atoms with Crippen LogP contribution in [0.5, 0.6) is 11.5 Å². The average molecular weight is 409 g/mol. The Labute approximate surface area is 171 Å². The van der Waals surface area contributed by atoms with Gasteiger partial charge < -0.3 is 9.47 Å². The summed E-state index contributed by atoms with van der Waals surface area (Å²) in [5.74, 6) is 0.0160. The minimum absolute atomic E-state index is 0.0171. The zero-order valence-electron chi connectivity index (χ0n) is 16.0. The summed E-state index contributed by atoms with van der Waals surface area (Å²) >= 11 is 1.64. The number of carbonyl (C=O) groups is 2. The summed E-state index contributed by atoms with van der Waals surface area (Å²) in [5, 5.41) is 0.967. The molecule has 148 valence electrons. The molecule has 0 fully saturated rings. The summed E-state index contributed by atoms with van der Waals surface area (Å²) in [4.78, 5) is 33.4. The lowest BCUT2D eigenvalue weighted by Crippen LogP contribution is -2.40. The van der Waals surface area contributed by atoms with Crippen molar-refractivity contribution in [3.05, 3.63) is 47.0 Å². The number of fused-ring (bicyclic) bond motifs is 3. The van der Waals surface area contributed by atoms with Crippen LogP contribution in [0.2, 0.25) is 0 Å². The predicted molar refractivity (Wildman–Crippen MR) is 110 cm³/mol. The highest BCUT2D eigenvalue weighted by Crippen LogP contribution is 2.41. The van der Waals surface area contributed by atoms with E-state index in [1.54, 1.807) is 23.5 Å². The first kappa shape index (κ1) is 18.1. The Bertz CT molecular complexity index is 1110. The fraction of sp³-hybridized carbons (Fsp3) is 0.286. The third-order valence-electron chi connectivity index (χ3n) is 5.33. The van der Waals surface area contributed by atoms with Crippen molar-refractivity contribution in [3.8, 4) is 11.5 Å². The van der Waals surface area contributed by atoms with Crippen LogP contribution in [0, 0.1) is 0 Å². The molecule has 8 heteroatoms. The van der Waals surface area contributed by atoms with Gasteiger partial charge >= 0.3 is 5.91 Å². The standard InChI is InChI=1S/C21H19N3O4S/c1-12(20-22-14-5-3-4-6-18(14)29-20)23(2)11-24-15-10-17-16(27-7-8-28-17)9-13(15)19(25)21(24)26/h3-6,9-10,12H,7-8,11H2,1-2H3/t12-/m1/s1. The van der Waals surface area contributed by atoms with Gasteiger partial charge in [0.05, 0.1) is 34.2 Å². The Morgan fingerprint density at radius 1 is 1.17 bits per heavy atom. The van der Waals surface area contributed by atoms with Gasteiger partial charge in [0.2, 0.25) is 0 Å². The van der Waals surface area contributed by atoms with Crippen molar-refractivity contribution in [2.75, 3.05) is 31.8 Å². The number of aromatic nitrogens is 1. The number of ketones is 1. The zero-order chi connectivity index (χ0) is 20.1. The van der Waals surface area contributed by atoms with Crippen molar-refractivity contribution in [3.63, 3.8) is 0 Å². The van der Waals surface area contributed by atoms with E-state index in [1.165, 1.54) is 4.90 Å². The molecule has 3 heterocycles. The number of para-hydroxylation sites is 1. The number of carbonyl (C=O) groups excluding carboxylic acids is 2. The molecule has 2 aliphatic heterocycles. The van der Waals surface area contributed by atoms with Gasteiger partial charge in [0.25, 0.3) is 5.78 Å². The van der Waals surface area contributed by atoms with E-state index in [1.807, 2.05) is 43.1 Å². The molecule has 2 aliphatic rings. The fourth-order valence-corrected chi connectivity index (χ4v) is 4.66. The minimum atomic E-state index is -0.536. The van der Waals surface area contributed by atoms with Crippen LogP contribution in [0.1, 0.15) is 28.3 Å². The maximum atomic E-state index is 12.7. The van der Waals surface area contributed by atoms with E-state index < -0.39 is 11.7 Å². The smallest absolute Gasteiger partial charge is 0.300 e. The maximum Gasteiger partial charge on any atom is 0.300 e. The van der Waals surface area contributed by atoms with Gasteiger partial charge in [-0.1, -0.05) is 12.1 Å². The summed E-state index contributed by atoms with van der Waals surface area (Å²) < 4.78 is 12.3. The zero-order valence-corrected chi connectivity index (χ0v) is 16.9. The van der Waals surface area contributed by atoms with Gasteiger partial charge in [0, 0.05) is 6.07 Å². The van der Waals surface area contributed by atoms with Crippen LogP contribution >= 0.6 is 11.3 Å². The lowest BCUT2D eigenvalue weighted by atomic mass is 10.1. The van der Waals surface area contributed by atoms with Gasteiger partial charge in [-0.25, -0.2) is 4.98 Å². The molecule has 0 aliphatic carbocycles. The number of anilines is 1. The summed E-state index contributed by atoms with van der Waals surface area (Å²) in [6.07, 6.45) is 0. The number of hydrogen-bond donors (Lipinski definition) is 0. The molecular weight excluding hydrogens is 390 g/mol. The number of hydrogen-bond acceptors (Lipinski definition) is 7. The van der Waals surface area contributed by atoms with Crippen molar-refractivity contribution >= 4 is 38.9 Å². The Morgan fingerprint density at radius 3 is 2.66 bits per heavy atom. The van der Waals surface area contributed by atoms with Crippen molar-refractivity contribution < 1.29 is 19.1 Å². The molecule has 0 bridgehead atoms. The van der Waals surface area contributed by atoms with Gasteiger partial charge in [0.1, 0.15) is 18.2 Å². The van der Waals surface area contributed by atoms with E-state index in [0.29, 0.717) is 36.0 Å². The SMILES string of the molecule is C[C@H](c1nc2ccccc2s1)N(C)CN1C(=O)C(=O)c2cc3c(cc21)OCCO3. The summed E-state index contributed by atoms with van der Waals surface area (Å²) in [6.45, 7) is 3.20. The summed E-state index contributed by atoms with van der Waals surface area (Å²) in [6, 6.07) is 11.3. The first-order valence-electron chi connectivity index (χ1n) is 9.38. The van der Waals surface area contributed by atoms with Crippen LogP contribution in [-0.4, -0.2) is 48.5 Å². The molecule has 5 rings (SSSR count). The van der Waals surface area contributed by atoms with Crippen LogP contribution in [0.15, 0.2) is 36.4 Å². The Balaban J connectivity index is 1.42. The Morgan fingerprint density at radius 2 is 1.90 bits per heavy atom. The van der Waals surface area contributed by atoms with Crippen LogP contribution in [-0.2, 0) is 4.79 Å². The molecule has 0 saturated carbocycles. The Hall–Kier alpha value is -2.97. The Kier molecular flexibility index (Phi) is 4.25. The number of thiazole rings is 1. The third kappa shape index (κ3) is 2.95. The third-order valence-corrected chi connectivity index (χ3v) is 6.54. The second-order valence-corrected chi connectivity index (χ2v) is 8.23. The van der Waals surface area contributed by atoms with E-state index >= 15 is 0 Å². The van der Waals surface area contributed by atoms with Crippen LogP contribution < -0.4 is 14.4 Å². The molecule has 0 spiro atoms. The number of amides is 1. The molecule has 0 saturated heterocycles. The fourth-order valence-electron chi connectivity index (χ4n) is 3.57. The molecule has 1 aromatic heterocycles. The highest BCUT2D eigenvalue weighted by molar-refractivity contribution is 7.18. The number of ether oxygens (including phenoxy) is 2. The average Bonchev–Trinajstić information content (AvgIpc) is 3.27. The number of Topliss-reactive ketones (excluding diaryl/α,β-unsaturated/α-hetero) is 1. The molecule has 0 radical (unpaired) electrons. The van der Waals surface area contributed by atoms with Crippen LogP contribution in [0.25, 0.3) is 10.2 Å². The van der Waals surface area contributed by atoms with Crippen molar-refractivity contribution in [2.45, 2.75) is 13.0 Å². The number of nitrogens with zero attached hydrogens (tertiary/aromatic N) is 3. The lowest BCUT2D eigenvalue weighted by molar-refractivity contribution is -0.114. The van der Waals surface area contributed by atoms with Gasteiger partial charge in [0.15, 0.2) is 11.5 Å². The lowest BCUT2D eigenvalue weighted by Gasteiger charge is -2.28. The molecule has 1 amide bonds. The highest BCUT2D eigenvalue weighted by atomic mass is 32.1. The molecule has 1 atom stereocenters. The molecule has 0 unspecified atom stereocenters. The van der Waals surface area contributed by atoms with Crippen molar-refractivity contribution in [1.82, 2.24) is 9.88 Å². The van der Waals surface area contributed by atoms with Crippen LogP contribution in [0.3, 0.4) is 0 Å². The van der Waals surface area contributed by atoms with E-state index in [2.05, 4.69) is 0 Å². The van der Waals surface area contributed by atoms with Crippen molar-refractivity contribution in [2.24, 2.45) is 0 Å². The number of benzene rings is 2. The normalized spacial score (nSPS) is 16.6. The predicted octanol–water partition coefficient (Wildman–Crippen LogP) is 3.25. The van der Waals surface area contributed by atoms with Gasteiger partial charge in [-0.3, -0.25) is 19.4 Å². The van der Waals surface area contributed by atoms with E-state index in [9.17, 15) is 9.59 Å². The van der Waals surface area contributed by atoms with E-state index in [-0.39, 0.29) is 12.7 Å². The van der Waals surface area contributed by atoms with Gasteiger partial charge in [-0.15, -0.1) is 11.3 Å². The molecule has 7 nitrogen and oxygen atoms in total. The molecular formula is C21H19N3O4S. The first-order valence-corrected chi connectivity index (χ1v) is 10.2. The second-order valence-electron chi connectivity index (χ2n) is 7.17. The summed E-state index contributed by atoms with van der Waals surface area (Å²) in [5.41, 5.74) is 1.89. The topological polar surface area (TPSA) is 72.0 Å². The molecule has 2 aromatic carbocycles. The van der Waals surface area contributed by atoms with E-state index in [0.717, 1.165) is 15.2 Å². The molecule has 0 N–H and O–H groups in total. The maximum absolute atomic E-state index is 12.7. The van der Waals surface area contributed by atoms with Gasteiger partial charge in [-0.2, -0.15) is 0 Å². The molecule has 29 heavy (non-hydrogen) atoms. The van der Waals surface area contributed by atoms with Gasteiger partial charge in [-0.05, 0) is 32.2 Å². The van der Waals surface area contributed by atoms with E-state index in [4.69, 9.17) is 14.5 Å². The quantitative estimate of drug-likeness (QED) is 0.616. The molecule has 3 aromatic rings. The largest absolute Gasteiger partial charge is 0.486 e. The highest BCUT2D eigenvalue weighted by Gasteiger charge is 2.38. The van der Waals surface area contributed by atoms with Crippen LogP contribution in [0.4, 0.5) is 5.69 Å². The first-order chi connectivity index (χ1) is 14.0. The summed E-state index contributed by atoms with van der Waals surface area (Å²) in [7, 11) is 1.92. The minimum Gasteiger partial charge on any atom is -0.486 e. The monoisotopic (exact) mass is 409 g/mol. The second kappa shape index (κ2) is 6.82.